The van der Waals surface area contributed by atoms with Gasteiger partial charge in [-0.1, -0.05) is 31.2 Å². The lowest BCUT2D eigenvalue weighted by atomic mass is 10.1. The largest absolute Gasteiger partial charge is 0.454 e. The Kier molecular flexibility index (Phi) is 3.00. The molecular weight excluding hydrogens is 276 g/mol. The van der Waals surface area contributed by atoms with Crippen LogP contribution in [0.5, 0.6) is 0 Å². The van der Waals surface area contributed by atoms with Crippen molar-refractivity contribution in [3.8, 4) is 0 Å². The van der Waals surface area contributed by atoms with Crippen molar-refractivity contribution in [2.24, 2.45) is 0 Å². The van der Waals surface area contributed by atoms with E-state index in [1.165, 1.54) is 5.56 Å². The Bertz CT molecular complexity index is 556. The summed E-state index contributed by atoms with van der Waals surface area (Å²) < 4.78 is 22.2. The molecule has 3 saturated heterocycles. The molecule has 0 radical (unpaired) electrons. The highest BCUT2D eigenvalue weighted by Crippen LogP contribution is 2.43. The molecule has 0 amide bonds. The molecular formula is C15H16O6. The Morgan fingerprint density at radius 3 is 2.52 bits per heavy atom. The van der Waals surface area contributed by atoms with Crippen LogP contribution in [0.3, 0.4) is 0 Å². The molecule has 1 aromatic carbocycles. The molecule has 4 rings (SSSR count). The van der Waals surface area contributed by atoms with E-state index in [0.717, 1.165) is 12.0 Å². The molecule has 3 fully saturated rings. The zero-order valence-electron chi connectivity index (χ0n) is 11.5. The average Bonchev–Trinajstić information content (AvgIpc) is 3.13. The molecule has 6 nitrogen and oxygen atoms in total. The van der Waals surface area contributed by atoms with Crippen molar-refractivity contribution in [3.05, 3.63) is 35.4 Å². The third-order valence-corrected chi connectivity index (χ3v) is 4.21. The van der Waals surface area contributed by atoms with Crippen LogP contribution in [0.15, 0.2) is 24.3 Å². The van der Waals surface area contributed by atoms with Crippen molar-refractivity contribution in [1.29, 1.82) is 0 Å². The van der Waals surface area contributed by atoms with Gasteiger partial charge < -0.3 is 24.1 Å². The summed E-state index contributed by atoms with van der Waals surface area (Å²) in [6.45, 7) is 2.09. The molecule has 112 valence electrons. The van der Waals surface area contributed by atoms with E-state index in [9.17, 15) is 9.90 Å². The van der Waals surface area contributed by atoms with Crippen LogP contribution in [0.4, 0.5) is 0 Å². The quantitative estimate of drug-likeness (QED) is 0.808. The molecule has 0 saturated carbocycles. The van der Waals surface area contributed by atoms with Gasteiger partial charge in [0.2, 0.25) is 0 Å². The van der Waals surface area contributed by atoms with Gasteiger partial charge in [-0.3, -0.25) is 0 Å². The molecule has 1 N–H and O–H groups in total. The number of aliphatic hydroxyl groups is 1. The highest BCUT2D eigenvalue weighted by molar-refractivity contribution is 5.78. The summed E-state index contributed by atoms with van der Waals surface area (Å²) in [5.74, 6) is -0.664. The van der Waals surface area contributed by atoms with Crippen molar-refractivity contribution in [1.82, 2.24) is 0 Å². The van der Waals surface area contributed by atoms with E-state index in [0.29, 0.717) is 0 Å². The van der Waals surface area contributed by atoms with Gasteiger partial charge in [-0.05, 0) is 12.0 Å². The van der Waals surface area contributed by atoms with Crippen LogP contribution in [0.2, 0.25) is 0 Å². The number of hydrogen-bond donors (Lipinski definition) is 1. The highest BCUT2D eigenvalue weighted by Gasteiger charge is 2.61. The monoisotopic (exact) mass is 292 g/mol. The predicted molar refractivity (Wildman–Crippen MR) is 69.1 cm³/mol. The fraction of sp³-hybridized carbons (Fsp3) is 0.533. The lowest BCUT2D eigenvalue weighted by Crippen LogP contribution is -2.32. The molecule has 0 aliphatic carbocycles. The third-order valence-electron chi connectivity index (χ3n) is 4.21. The van der Waals surface area contributed by atoms with Crippen molar-refractivity contribution in [2.45, 2.75) is 50.3 Å². The lowest BCUT2D eigenvalue weighted by Gasteiger charge is -2.16. The van der Waals surface area contributed by atoms with E-state index >= 15 is 0 Å². The van der Waals surface area contributed by atoms with Crippen LogP contribution in [-0.4, -0.2) is 41.8 Å². The van der Waals surface area contributed by atoms with Crippen LogP contribution in [0.1, 0.15) is 24.3 Å². The molecule has 6 heteroatoms. The maximum Gasteiger partial charge on any atom is 0.338 e. The van der Waals surface area contributed by atoms with E-state index < -0.39 is 43.0 Å². The lowest BCUT2D eigenvalue weighted by molar-refractivity contribution is -0.173. The molecule has 0 aromatic heterocycles. The Labute approximate surface area is 121 Å². The summed E-state index contributed by atoms with van der Waals surface area (Å²) >= 11 is 0. The van der Waals surface area contributed by atoms with E-state index in [-0.39, 0.29) is 0 Å². The third kappa shape index (κ3) is 1.98. The molecule has 0 spiro atoms. The number of benzene rings is 1. The molecule has 3 aliphatic heterocycles. The predicted octanol–water partition coefficient (Wildman–Crippen LogP) is 0.674. The van der Waals surface area contributed by atoms with Gasteiger partial charge in [0, 0.05) is 5.56 Å². The molecule has 6 atom stereocenters. The first-order valence-corrected chi connectivity index (χ1v) is 7.11. The minimum absolute atomic E-state index is 0.494. The van der Waals surface area contributed by atoms with Gasteiger partial charge in [0.15, 0.2) is 30.9 Å². The number of hydrogen-bond acceptors (Lipinski definition) is 6. The van der Waals surface area contributed by atoms with Crippen molar-refractivity contribution in [2.75, 3.05) is 0 Å². The number of rotatable bonds is 2. The first kappa shape index (κ1) is 13.2. The summed E-state index contributed by atoms with van der Waals surface area (Å²) in [6, 6.07) is 7.97. The van der Waals surface area contributed by atoms with Gasteiger partial charge in [-0.15, -0.1) is 0 Å². The summed E-state index contributed by atoms with van der Waals surface area (Å²) in [6.07, 6.45) is -3.23. The molecule has 3 aliphatic rings. The highest BCUT2D eigenvalue weighted by atomic mass is 16.8. The Morgan fingerprint density at radius 2 is 1.81 bits per heavy atom. The SMILES string of the molecule is CCc1ccc(C2OC3OC4C(O)C(=O)OC4C3O2)cc1. The van der Waals surface area contributed by atoms with Crippen molar-refractivity contribution >= 4 is 5.97 Å². The van der Waals surface area contributed by atoms with E-state index in [2.05, 4.69) is 6.92 Å². The zero-order chi connectivity index (χ0) is 14.6. The van der Waals surface area contributed by atoms with E-state index in [1.807, 2.05) is 24.3 Å². The summed E-state index contributed by atoms with van der Waals surface area (Å²) in [5, 5.41) is 9.65. The summed E-state index contributed by atoms with van der Waals surface area (Å²) in [7, 11) is 0. The summed E-state index contributed by atoms with van der Waals surface area (Å²) in [4.78, 5) is 11.3. The fourth-order valence-corrected chi connectivity index (χ4v) is 2.99. The van der Waals surface area contributed by atoms with Crippen LogP contribution >= 0.6 is 0 Å². The van der Waals surface area contributed by atoms with Crippen LogP contribution < -0.4 is 0 Å². The van der Waals surface area contributed by atoms with Gasteiger partial charge in [0.25, 0.3) is 0 Å². The van der Waals surface area contributed by atoms with Crippen LogP contribution in [0, 0.1) is 0 Å². The van der Waals surface area contributed by atoms with Gasteiger partial charge >= 0.3 is 5.97 Å². The maximum atomic E-state index is 11.3. The van der Waals surface area contributed by atoms with Crippen LogP contribution in [0.25, 0.3) is 0 Å². The van der Waals surface area contributed by atoms with E-state index in [4.69, 9.17) is 18.9 Å². The second kappa shape index (κ2) is 4.78. The number of ether oxygens (including phenoxy) is 4. The second-order valence-corrected chi connectivity index (χ2v) is 5.48. The Hall–Kier alpha value is -1.47. The number of carbonyl (C=O) groups excluding carboxylic acids is 1. The van der Waals surface area contributed by atoms with Crippen molar-refractivity contribution in [3.63, 3.8) is 0 Å². The Balaban J connectivity index is 1.50. The zero-order valence-corrected chi connectivity index (χ0v) is 11.5. The van der Waals surface area contributed by atoms with Crippen LogP contribution in [-0.2, 0) is 30.2 Å². The fourth-order valence-electron chi connectivity index (χ4n) is 2.99. The number of fused-ring (bicyclic) bond motifs is 3. The minimum Gasteiger partial charge on any atom is -0.454 e. The second-order valence-electron chi connectivity index (χ2n) is 5.48. The average molecular weight is 292 g/mol. The number of esters is 1. The van der Waals surface area contributed by atoms with Crippen molar-refractivity contribution < 1.29 is 28.8 Å². The topological polar surface area (TPSA) is 74.2 Å². The maximum absolute atomic E-state index is 11.3. The first-order valence-electron chi connectivity index (χ1n) is 7.11. The standard InChI is InChI=1S/C15H16O6/c1-2-7-3-5-8(6-4-7)14-20-12-11-10(19-15(12)21-14)9(16)13(17)18-11/h3-6,9-12,14-16H,2H2,1H3. The molecule has 0 bridgehead atoms. The number of aryl methyl sites for hydroxylation is 1. The number of carbonyl (C=O) groups is 1. The molecule has 6 unspecified atom stereocenters. The normalized spacial score (nSPS) is 41.0. The minimum atomic E-state index is -1.25. The van der Waals surface area contributed by atoms with E-state index in [1.54, 1.807) is 0 Å². The number of aliphatic hydroxyl groups excluding tert-OH is 1. The molecule has 1 aromatic rings. The molecule has 21 heavy (non-hydrogen) atoms. The van der Waals surface area contributed by atoms with Gasteiger partial charge in [0.1, 0.15) is 6.10 Å². The first-order chi connectivity index (χ1) is 10.2. The van der Waals surface area contributed by atoms with Gasteiger partial charge in [0.05, 0.1) is 0 Å². The van der Waals surface area contributed by atoms with Gasteiger partial charge in [-0.25, -0.2) is 4.79 Å². The molecule has 3 heterocycles. The summed E-state index contributed by atoms with van der Waals surface area (Å²) in [5.41, 5.74) is 2.13. The Morgan fingerprint density at radius 1 is 1.05 bits per heavy atom. The van der Waals surface area contributed by atoms with Gasteiger partial charge in [-0.2, -0.15) is 0 Å². The smallest absolute Gasteiger partial charge is 0.338 e.